The lowest BCUT2D eigenvalue weighted by Gasteiger charge is -2.53. The summed E-state index contributed by atoms with van der Waals surface area (Å²) >= 11 is 0. The van der Waals surface area contributed by atoms with E-state index in [1.54, 1.807) is 0 Å². The highest BCUT2D eigenvalue weighted by molar-refractivity contribution is 7.04. The van der Waals surface area contributed by atoms with Crippen molar-refractivity contribution in [2.75, 3.05) is 9.80 Å². The van der Waals surface area contributed by atoms with Gasteiger partial charge in [-0.1, -0.05) is 194 Å². The Bertz CT molecular complexity index is 3090. The van der Waals surface area contributed by atoms with Gasteiger partial charge in [0.25, 0.3) is 6.71 Å². The van der Waals surface area contributed by atoms with Gasteiger partial charge in [-0.25, -0.2) is 0 Å². The van der Waals surface area contributed by atoms with Crippen LogP contribution in [-0.4, -0.2) is 13.4 Å². The van der Waals surface area contributed by atoms with E-state index >= 15 is 0 Å². The molecule has 0 N–H and O–H groups in total. The van der Waals surface area contributed by atoms with Gasteiger partial charge in [0.05, 0.1) is 11.1 Å². The van der Waals surface area contributed by atoms with E-state index in [0.717, 1.165) is 0 Å². The van der Waals surface area contributed by atoms with Crippen molar-refractivity contribution >= 4 is 80.3 Å². The lowest BCUT2D eigenvalue weighted by Crippen LogP contribution is -2.70. The number of fused-ring (bicyclic) bond motifs is 10. The van der Waals surface area contributed by atoms with Gasteiger partial charge in [-0.2, -0.15) is 0 Å². The fourth-order valence-corrected chi connectivity index (χ4v) is 11.5. The van der Waals surface area contributed by atoms with Gasteiger partial charge >= 0.3 is 0 Å². The Labute approximate surface area is 345 Å². The fraction of sp³-hybridized carbons (Fsp3) is 0.0182. The van der Waals surface area contributed by atoms with Crippen LogP contribution >= 0.6 is 0 Å². The summed E-state index contributed by atoms with van der Waals surface area (Å²) in [5, 5.41) is 0. The third-order valence-electron chi connectivity index (χ3n) is 13.6. The van der Waals surface area contributed by atoms with E-state index in [0.29, 0.717) is 0 Å². The molecular formula is C55H36B2N2. The Hall–Kier alpha value is -7.29. The van der Waals surface area contributed by atoms with E-state index in [-0.39, 0.29) is 13.4 Å². The molecule has 0 aromatic heterocycles. The first-order valence-corrected chi connectivity index (χ1v) is 20.8. The molecule has 4 aliphatic rings. The van der Waals surface area contributed by atoms with E-state index < -0.39 is 5.41 Å². The van der Waals surface area contributed by atoms with Gasteiger partial charge in [0.1, 0.15) is 0 Å². The molecule has 0 radical (unpaired) electrons. The summed E-state index contributed by atoms with van der Waals surface area (Å²) < 4.78 is 0. The molecule has 59 heavy (non-hydrogen) atoms. The normalized spacial score (nSPS) is 14.4. The van der Waals surface area contributed by atoms with E-state index in [1.165, 1.54) is 100 Å². The molecule has 0 saturated heterocycles. The van der Waals surface area contributed by atoms with Crippen molar-refractivity contribution in [2.24, 2.45) is 0 Å². The van der Waals surface area contributed by atoms with Crippen molar-refractivity contribution in [1.29, 1.82) is 0 Å². The van der Waals surface area contributed by atoms with Crippen molar-refractivity contribution < 1.29 is 0 Å². The second-order valence-corrected chi connectivity index (χ2v) is 16.3. The topological polar surface area (TPSA) is 6.48 Å². The smallest absolute Gasteiger partial charge is 0.252 e. The monoisotopic (exact) mass is 746 g/mol. The van der Waals surface area contributed by atoms with E-state index in [1.807, 2.05) is 0 Å². The summed E-state index contributed by atoms with van der Waals surface area (Å²) in [6.07, 6.45) is 0. The summed E-state index contributed by atoms with van der Waals surface area (Å²) in [4.78, 5) is 5.24. The van der Waals surface area contributed by atoms with Gasteiger partial charge < -0.3 is 9.80 Å². The molecule has 272 valence electrons. The van der Waals surface area contributed by atoms with Crippen LogP contribution in [0.5, 0.6) is 0 Å². The quantitative estimate of drug-likeness (QED) is 0.166. The number of benzene rings is 9. The van der Waals surface area contributed by atoms with Crippen LogP contribution in [0.2, 0.25) is 0 Å². The highest BCUT2D eigenvalue weighted by Gasteiger charge is 2.55. The van der Waals surface area contributed by atoms with Crippen LogP contribution in [0, 0.1) is 0 Å². The van der Waals surface area contributed by atoms with Crippen LogP contribution in [0.15, 0.2) is 218 Å². The molecule has 9 aromatic carbocycles. The van der Waals surface area contributed by atoms with Crippen molar-refractivity contribution in [2.45, 2.75) is 5.41 Å². The molecule has 2 nitrogen and oxygen atoms in total. The molecule has 0 fully saturated rings. The third-order valence-corrected chi connectivity index (χ3v) is 13.6. The van der Waals surface area contributed by atoms with Gasteiger partial charge in [0.2, 0.25) is 6.71 Å². The van der Waals surface area contributed by atoms with Gasteiger partial charge in [-0.15, -0.1) is 0 Å². The number of rotatable bonds is 4. The molecule has 0 spiro atoms. The Kier molecular flexibility index (Phi) is 6.86. The van der Waals surface area contributed by atoms with Gasteiger partial charge in [0, 0.05) is 34.0 Å². The third kappa shape index (κ3) is 4.28. The maximum Gasteiger partial charge on any atom is 0.252 e. The Morgan fingerprint density at radius 3 is 1.36 bits per heavy atom. The molecule has 4 heteroatoms. The second kappa shape index (κ2) is 12.4. The minimum atomic E-state index is -0.609. The second-order valence-electron chi connectivity index (χ2n) is 16.3. The molecule has 0 atom stereocenters. The molecule has 0 aliphatic carbocycles. The summed E-state index contributed by atoms with van der Waals surface area (Å²) in [5.41, 5.74) is 22.6. The zero-order valence-corrected chi connectivity index (χ0v) is 32.3. The zero-order valence-electron chi connectivity index (χ0n) is 32.3. The first kappa shape index (κ1) is 32.8. The maximum absolute atomic E-state index is 2.64. The predicted molar refractivity (Wildman–Crippen MR) is 249 cm³/mol. The van der Waals surface area contributed by atoms with Crippen LogP contribution < -0.4 is 42.6 Å². The number of para-hydroxylation sites is 4. The number of hydrogen-bond acceptors (Lipinski definition) is 2. The summed E-state index contributed by atoms with van der Waals surface area (Å²) in [7, 11) is 0. The molecule has 0 amide bonds. The lowest BCUT2D eigenvalue weighted by molar-refractivity contribution is 0.751. The summed E-state index contributed by atoms with van der Waals surface area (Å²) in [6, 6.07) is 81.9. The van der Waals surface area contributed by atoms with E-state index in [9.17, 15) is 0 Å². The van der Waals surface area contributed by atoms with Gasteiger partial charge in [-0.05, 0) is 85.5 Å². The van der Waals surface area contributed by atoms with Crippen molar-refractivity contribution in [1.82, 2.24) is 0 Å². The van der Waals surface area contributed by atoms with Crippen LogP contribution in [0.1, 0.15) is 22.3 Å². The van der Waals surface area contributed by atoms with Gasteiger partial charge in [-0.3, -0.25) is 0 Å². The van der Waals surface area contributed by atoms with Crippen LogP contribution in [0.3, 0.4) is 0 Å². The molecule has 0 unspecified atom stereocenters. The van der Waals surface area contributed by atoms with Crippen LogP contribution in [-0.2, 0) is 5.41 Å². The molecular weight excluding hydrogens is 710 g/mol. The predicted octanol–water partition coefficient (Wildman–Crippen LogP) is 8.96. The lowest BCUT2D eigenvalue weighted by atomic mass is 9.26. The zero-order chi connectivity index (χ0) is 38.7. The highest BCUT2D eigenvalue weighted by Crippen LogP contribution is 2.53. The first-order valence-electron chi connectivity index (χ1n) is 20.8. The first-order chi connectivity index (χ1) is 29.3. The number of anilines is 6. The van der Waals surface area contributed by atoms with Crippen molar-refractivity contribution in [3.8, 4) is 11.1 Å². The van der Waals surface area contributed by atoms with Crippen molar-refractivity contribution in [3.63, 3.8) is 0 Å². The minimum absolute atomic E-state index is 0.0417. The average Bonchev–Trinajstić information content (AvgIpc) is 3.32. The largest absolute Gasteiger partial charge is 0.312 e. The molecule has 13 rings (SSSR count). The Balaban J connectivity index is 1.26. The van der Waals surface area contributed by atoms with Crippen LogP contribution in [0.4, 0.5) is 34.1 Å². The molecule has 9 aromatic rings. The fourth-order valence-electron chi connectivity index (χ4n) is 11.5. The highest BCUT2D eigenvalue weighted by atomic mass is 15.2. The average molecular weight is 747 g/mol. The SMILES string of the molecule is c1ccc(-c2ccccc2N2c3ccccc3B3c4ccccc4N4c5ccccc5B5c6ccccc6C(c6ccccc6)(c6ccccc6)c6cc2c3c4c65)cc1. The summed E-state index contributed by atoms with van der Waals surface area (Å²) in [6.45, 7) is 0.0858. The Morgan fingerprint density at radius 1 is 0.322 bits per heavy atom. The van der Waals surface area contributed by atoms with Crippen molar-refractivity contribution in [3.05, 3.63) is 241 Å². The molecule has 0 saturated carbocycles. The van der Waals surface area contributed by atoms with E-state index in [4.69, 9.17) is 0 Å². The van der Waals surface area contributed by atoms with Gasteiger partial charge in [0.15, 0.2) is 0 Å². The van der Waals surface area contributed by atoms with Crippen LogP contribution in [0.25, 0.3) is 11.1 Å². The molecule has 4 aliphatic heterocycles. The minimum Gasteiger partial charge on any atom is -0.312 e. The summed E-state index contributed by atoms with van der Waals surface area (Å²) in [5.74, 6) is 0. The Morgan fingerprint density at radius 2 is 0.763 bits per heavy atom. The number of nitrogens with zero attached hydrogens (tertiary/aromatic N) is 2. The van der Waals surface area contributed by atoms with E-state index in [2.05, 4.69) is 228 Å². The standard InChI is InChI=1S/C55H36B2N2/c1-4-20-37(21-5-1)40-26-10-16-32-47(40)58-48-33-17-13-29-44(48)57-46-31-15-19-35-50(46)59-49-34-18-14-30-45(49)56-43-28-12-11-27-41(43)55(38-22-6-2-7-23-38,39-24-8-3-9-25-39)42-36-51(58)53(57)54(59)52(42)56/h1-36H. The maximum atomic E-state index is 2.64. The molecule has 4 heterocycles. The molecule has 0 bridgehead atoms. The number of hydrogen-bond donors (Lipinski definition) is 0.